The summed E-state index contributed by atoms with van der Waals surface area (Å²) in [6.07, 6.45) is 4.99. The summed E-state index contributed by atoms with van der Waals surface area (Å²) in [5.41, 5.74) is 3.62. The second-order valence-corrected chi connectivity index (χ2v) is 8.05. The van der Waals surface area contributed by atoms with Gasteiger partial charge < -0.3 is 25.4 Å². The SMILES string of the molecule is CCNC(=NCc1ccc(N2CCN(C)CC2)nc1)NCCc1c[nH]c2ccccc12.I. The molecule has 0 saturated carbocycles. The molecule has 172 valence electrons. The van der Waals surface area contributed by atoms with Gasteiger partial charge in [-0.2, -0.15) is 0 Å². The molecule has 1 saturated heterocycles. The number of fused-ring (bicyclic) bond motifs is 1. The van der Waals surface area contributed by atoms with Gasteiger partial charge in [-0.3, -0.25) is 0 Å². The van der Waals surface area contributed by atoms with Gasteiger partial charge in [0.2, 0.25) is 0 Å². The Morgan fingerprint density at radius 2 is 1.91 bits per heavy atom. The van der Waals surface area contributed by atoms with Gasteiger partial charge >= 0.3 is 0 Å². The van der Waals surface area contributed by atoms with Crippen LogP contribution in [-0.2, 0) is 13.0 Å². The van der Waals surface area contributed by atoms with Crippen LogP contribution in [0, 0.1) is 0 Å². The fraction of sp³-hybridized carbons (Fsp3) is 0.417. The molecule has 4 rings (SSSR count). The largest absolute Gasteiger partial charge is 0.361 e. The third kappa shape index (κ3) is 6.35. The number of rotatable bonds is 7. The molecule has 1 aliphatic rings. The van der Waals surface area contributed by atoms with Crippen molar-refractivity contribution < 1.29 is 0 Å². The van der Waals surface area contributed by atoms with Crippen molar-refractivity contribution in [3.63, 3.8) is 0 Å². The number of aromatic nitrogens is 2. The maximum Gasteiger partial charge on any atom is 0.191 e. The monoisotopic (exact) mass is 547 g/mol. The van der Waals surface area contributed by atoms with Crippen LogP contribution in [0.3, 0.4) is 0 Å². The van der Waals surface area contributed by atoms with Gasteiger partial charge in [0.25, 0.3) is 0 Å². The second kappa shape index (κ2) is 12.1. The molecule has 7 nitrogen and oxygen atoms in total. The molecule has 1 aromatic carbocycles. The summed E-state index contributed by atoms with van der Waals surface area (Å²) in [6.45, 7) is 8.60. The number of benzene rings is 1. The molecule has 0 radical (unpaired) electrons. The van der Waals surface area contributed by atoms with E-state index in [1.165, 1.54) is 16.5 Å². The predicted molar refractivity (Wildman–Crippen MR) is 144 cm³/mol. The zero-order chi connectivity index (χ0) is 21.5. The number of aromatic amines is 1. The molecule has 0 spiro atoms. The van der Waals surface area contributed by atoms with E-state index in [0.717, 1.165) is 63.0 Å². The van der Waals surface area contributed by atoms with E-state index in [2.05, 4.69) is 87.0 Å². The third-order valence-corrected chi connectivity index (χ3v) is 5.76. The standard InChI is InChI=1S/C24H33N7.HI/c1-3-25-24(26-11-10-20-18-27-22-7-5-4-6-21(20)22)29-17-19-8-9-23(28-16-19)31-14-12-30(2)13-15-31;/h4-9,16,18,27H,3,10-15,17H2,1-2H3,(H2,25,26,29);1H. The van der Waals surface area contributed by atoms with Crippen molar-refractivity contribution in [3.05, 3.63) is 59.9 Å². The van der Waals surface area contributed by atoms with Crippen LogP contribution in [0.25, 0.3) is 10.9 Å². The fourth-order valence-corrected chi connectivity index (χ4v) is 3.90. The minimum atomic E-state index is 0. The number of piperazine rings is 1. The molecule has 2 aromatic heterocycles. The Kier molecular flexibility index (Phi) is 9.16. The lowest BCUT2D eigenvalue weighted by atomic mass is 10.1. The summed E-state index contributed by atoms with van der Waals surface area (Å²) in [5.74, 6) is 1.90. The highest BCUT2D eigenvalue weighted by Gasteiger charge is 2.14. The van der Waals surface area contributed by atoms with Crippen LogP contribution in [0.5, 0.6) is 0 Å². The number of anilines is 1. The molecule has 3 aromatic rings. The number of para-hydroxylation sites is 1. The number of nitrogens with zero attached hydrogens (tertiary/aromatic N) is 4. The van der Waals surface area contributed by atoms with Crippen LogP contribution >= 0.6 is 24.0 Å². The first kappa shape index (κ1) is 24.3. The molecule has 0 bridgehead atoms. The van der Waals surface area contributed by atoms with Gasteiger partial charge in [0, 0.05) is 62.6 Å². The Morgan fingerprint density at radius 1 is 1.09 bits per heavy atom. The van der Waals surface area contributed by atoms with Crippen molar-refractivity contribution in [2.45, 2.75) is 19.9 Å². The number of H-pyrrole nitrogens is 1. The van der Waals surface area contributed by atoms with Gasteiger partial charge in [-0.05, 0) is 43.7 Å². The first-order valence-corrected chi connectivity index (χ1v) is 11.2. The lowest BCUT2D eigenvalue weighted by Gasteiger charge is -2.33. The number of nitrogens with one attached hydrogen (secondary N) is 3. The van der Waals surface area contributed by atoms with Crippen LogP contribution in [0.4, 0.5) is 5.82 Å². The highest BCUT2D eigenvalue weighted by atomic mass is 127. The van der Waals surface area contributed by atoms with Crippen molar-refractivity contribution in [1.82, 2.24) is 25.5 Å². The van der Waals surface area contributed by atoms with Gasteiger partial charge in [0.05, 0.1) is 6.54 Å². The van der Waals surface area contributed by atoms with Crippen LogP contribution in [-0.4, -0.2) is 67.1 Å². The predicted octanol–water partition coefficient (Wildman–Crippen LogP) is 3.23. The Morgan fingerprint density at radius 3 is 2.66 bits per heavy atom. The number of hydrogen-bond acceptors (Lipinski definition) is 4. The maximum atomic E-state index is 4.74. The Hall–Kier alpha value is -2.33. The number of guanidine groups is 1. The van der Waals surface area contributed by atoms with E-state index < -0.39 is 0 Å². The van der Waals surface area contributed by atoms with Crippen molar-refractivity contribution in [2.24, 2.45) is 4.99 Å². The van der Waals surface area contributed by atoms with Gasteiger partial charge in [-0.15, -0.1) is 24.0 Å². The number of likely N-dealkylation sites (N-methyl/N-ethyl adjacent to an activating group) is 1. The maximum absolute atomic E-state index is 4.74. The molecule has 1 aliphatic heterocycles. The zero-order valence-corrected chi connectivity index (χ0v) is 21.3. The van der Waals surface area contributed by atoms with E-state index in [1.54, 1.807) is 0 Å². The summed E-state index contributed by atoms with van der Waals surface area (Å²) >= 11 is 0. The van der Waals surface area contributed by atoms with E-state index in [-0.39, 0.29) is 24.0 Å². The third-order valence-electron chi connectivity index (χ3n) is 5.76. The quantitative estimate of drug-likeness (QED) is 0.241. The molecule has 3 heterocycles. The first-order chi connectivity index (χ1) is 15.2. The number of pyridine rings is 1. The fourth-order valence-electron chi connectivity index (χ4n) is 3.90. The van der Waals surface area contributed by atoms with Crippen molar-refractivity contribution in [3.8, 4) is 0 Å². The van der Waals surface area contributed by atoms with Gasteiger partial charge in [-0.1, -0.05) is 24.3 Å². The van der Waals surface area contributed by atoms with Crippen molar-refractivity contribution in [2.75, 3.05) is 51.2 Å². The Bertz CT molecular complexity index is 991. The molecular formula is C24H34IN7. The van der Waals surface area contributed by atoms with Gasteiger partial charge in [-0.25, -0.2) is 9.98 Å². The Balaban J connectivity index is 0.00000289. The average molecular weight is 547 g/mol. The van der Waals surface area contributed by atoms with Crippen molar-refractivity contribution in [1.29, 1.82) is 0 Å². The summed E-state index contributed by atoms with van der Waals surface area (Å²) in [7, 11) is 2.17. The van der Waals surface area contributed by atoms with Crippen molar-refractivity contribution >= 4 is 46.7 Å². The lowest BCUT2D eigenvalue weighted by Crippen LogP contribution is -2.44. The van der Waals surface area contributed by atoms with E-state index in [0.29, 0.717) is 6.54 Å². The van der Waals surface area contributed by atoms with Gasteiger partial charge in [0.15, 0.2) is 5.96 Å². The van der Waals surface area contributed by atoms with Crippen LogP contribution in [0.1, 0.15) is 18.1 Å². The van der Waals surface area contributed by atoms with E-state index in [4.69, 9.17) is 4.99 Å². The number of hydrogen-bond donors (Lipinski definition) is 3. The van der Waals surface area contributed by atoms with Crippen LogP contribution < -0.4 is 15.5 Å². The lowest BCUT2D eigenvalue weighted by molar-refractivity contribution is 0.312. The molecule has 32 heavy (non-hydrogen) atoms. The van der Waals surface area contributed by atoms with E-state index in [9.17, 15) is 0 Å². The molecule has 0 unspecified atom stereocenters. The summed E-state index contributed by atoms with van der Waals surface area (Å²) < 4.78 is 0. The summed E-state index contributed by atoms with van der Waals surface area (Å²) in [5, 5.41) is 8.08. The minimum Gasteiger partial charge on any atom is -0.361 e. The Labute approximate surface area is 207 Å². The second-order valence-electron chi connectivity index (χ2n) is 8.05. The highest BCUT2D eigenvalue weighted by molar-refractivity contribution is 14.0. The van der Waals surface area contributed by atoms with E-state index >= 15 is 0 Å². The first-order valence-electron chi connectivity index (χ1n) is 11.2. The van der Waals surface area contributed by atoms with Crippen LogP contribution in [0.2, 0.25) is 0 Å². The summed E-state index contributed by atoms with van der Waals surface area (Å²) in [6, 6.07) is 12.7. The van der Waals surface area contributed by atoms with E-state index in [1.807, 2.05) is 6.20 Å². The molecular weight excluding hydrogens is 513 g/mol. The molecule has 0 amide bonds. The molecule has 3 N–H and O–H groups in total. The number of halogens is 1. The smallest absolute Gasteiger partial charge is 0.191 e. The molecule has 8 heteroatoms. The zero-order valence-electron chi connectivity index (χ0n) is 19.0. The highest BCUT2D eigenvalue weighted by Crippen LogP contribution is 2.17. The van der Waals surface area contributed by atoms with Gasteiger partial charge in [0.1, 0.15) is 5.82 Å². The average Bonchev–Trinajstić information content (AvgIpc) is 3.21. The normalized spacial score (nSPS) is 14.9. The number of aliphatic imine (C=N–C) groups is 1. The topological polar surface area (TPSA) is 71.6 Å². The molecule has 0 aliphatic carbocycles. The minimum absolute atomic E-state index is 0. The molecule has 1 fully saturated rings. The summed E-state index contributed by atoms with van der Waals surface area (Å²) in [4.78, 5) is 17.5. The molecule has 0 atom stereocenters. The van der Waals surface area contributed by atoms with Crippen LogP contribution in [0.15, 0.2) is 53.8 Å².